The van der Waals surface area contributed by atoms with Gasteiger partial charge in [-0.15, -0.1) is 0 Å². The number of aliphatic hydroxyl groups is 5. The third-order valence-electron chi connectivity index (χ3n) is 4.48. The molecular weight excluding hydrogens is 344 g/mol. The molecule has 1 saturated heterocycles. The second kappa shape index (κ2) is 8.08. The molecule has 8 nitrogen and oxygen atoms in total. The van der Waals surface area contributed by atoms with Crippen LogP contribution in [-0.4, -0.2) is 73.6 Å². The number of hydrogen-bond acceptors (Lipinski definition) is 8. The normalized spacial score (nSPS) is 29.6. The van der Waals surface area contributed by atoms with E-state index in [1.165, 1.54) is 6.07 Å². The van der Waals surface area contributed by atoms with Gasteiger partial charge in [0.1, 0.15) is 35.9 Å². The highest BCUT2D eigenvalue weighted by atomic mass is 16.7. The van der Waals surface area contributed by atoms with Gasteiger partial charge in [-0.05, 0) is 56.9 Å². The lowest BCUT2D eigenvalue weighted by Crippen LogP contribution is -2.60. The van der Waals surface area contributed by atoms with Crippen molar-refractivity contribution in [2.24, 2.45) is 0 Å². The third kappa shape index (κ3) is 4.85. The van der Waals surface area contributed by atoms with E-state index in [2.05, 4.69) is 0 Å². The first-order chi connectivity index (χ1) is 12.0. The number of aliphatic hydroxyl groups excluding tert-OH is 4. The topological polar surface area (TPSA) is 140 Å². The van der Waals surface area contributed by atoms with Crippen molar-refractivity contribution < 1.29 is 40.1 Å². The summed E-state index contributed by atoms with van der Waals surface area (Å²) in [4.78, 5) is 0. The molecule has 1 aromatic carbocycles. The smallest absolute Gasteiger partial charge is 0.229 e. The van der Waals surface area contributed by atoms with Crippen molar-refractivity contribution in [2.45, 2.75) is 69.9 Å². The molecule has 6 N–H and O–H groups in total. The maximum Gasteiger partial charge on any atom is 0.229 e. The Bertz CT molecular complexity index is 610. The Labute approximate surface area is 152 Å². The van der Waals surface area contributed by atoms with Crippen LogP contribution in [0.25, 0.3) is 0 Å². The zero-order valence-electron chi connectivity index (χ0n) is 15.2. The van der Waals surface area contributed by atoms with Crippen molar-refractivity contribution in [1.82, 2.24) is 0 Å². The van der Waals surface area contributed by atoms with E-state index in [1.54, 1.807) is 26.8 Å². The average Bonchev–Trinajstić information content (AvgIpc) is 2.56. The highest BCUT2D eigenvalue weighted by Gasteiger charge is 2.44. The van der Waals surface area contributed by atoms with Crippen LogP contribution in [0.15, 0.2) is 12.1 Å². The van der Waals surface area contributed by atoms with Gasteiger partial charge in [-0.2, -0.15) is 0 Å². The molecule has 0 spiro atoms. The lowest BCUT2D eigenvalue weighted by atomic mass is 9.97. The summed E-state index contributed by atoms with van der Waals surface area (Å²) in [5.41, 5.74) is 0.213. The molecule has 1 aliphatic rings. The van der Waals surface area contributed by atoms with E-state index in [0.29, 0.717) is 29.7 Å². The fourth-order valence-electron chi connectivity index (χ4n) is 2.75. The average molecular weight is 372 g/mol. The summed E-state index contributed by atoms with van der Waals surface area (Å²) < 4.78 is 11.1. The van der Waals surface area contributed by atoms with E-state index in [4.69, 9.17) is 9.47 Å². The molecule has 0 bridgehead atoms. The zero-order chi connectivity index (χ0) is 19.6. The van der Waals surface area contributed by atoms with E-state index in [1.807, 2.05) is 0 Å². The minimum absolute atomic E-state index is 0.0666. The first-order valence-electron chi connectivity index (χ1n) is 8.55. The summed E-state index contributed by atoms with van der Waals surface area (Å²) in [5.74, 6) is 0.380. The summed E-state index contributed by atoms with van der Waals surface area (Å²) in [7, 11) is 0. The van der Waals surface area contributed by atoms with Crippen LogP contribution in [0.5, 0.6) is 11.5 Å². The molecule has 26 heavy (non-hydrogen) atoms. The van der Waals surface area contributed by atoms with Crippen LogP contribution in [0.3, 0.4) is 0 Å². The lowest BCUT2D eigenvalue weighted by molar-refractivity contribution is -0.277. The monoisotopic (exact) mass is 372 g/mol. The number of aryl methyl sites for hydroxylation is 2. The molecule has 5 unspecified atom stereocenters. The number of ether oxygens (including phenoxy) is 2. The number of hydrogen-bond donors (Lipinski definition) is 6. The summed E-state index contributed by atoms with van der Waals surface area (Å²) in [6.45, 7) is 4.46. The molecule has 0 saturated carbocycles. The number of phenols is 1. The Morgan fingerprint density at radius 3 is 2.35 bits per heavy atom. The van der Waals surface area contributed by atoms with Gasteiger partial charge >= 0.3 is 0 Å². The van der Waals surface area contributed by atoms with Gasteiger partial charge in [0.25, 0.3) is 0 Å². The van der Waals surface area contributed by atoms with Crippen LogP contribution in [0.1, 0.15) is 31.4 Å². The van der Waals surface area contributed by atoms with Gasteiger partial charge in [-0.25, -0.2) is 0 Å². The van der Waals surface area contributed by atoms with Crippen LogP contribution < -0.4 is 4.74 Å². The zero-order valence-corrected chi connectivity index (χ0v) is 15.2. The van der Waals surface area contributed by atoms with Gasteiger partial charge in [-0.3, -0.25) is 0 Å². The molecule has 0 radical (unpaired) electrons. The van der Waals surface area contributed by atoms with Crippen molar-refractivity contribution in [3.63, 3.8) is 0 Å². The number of rotatable bonds is 6. The maximum absolute atomic E-state index is 10.1. The molecule has 5 atom stereocenters. The lowest BCUT2D eigenvalue weighted by Gasteiger charge is -2.39. The fourth-order valence-corrected chi connectivity index (χ4v) is 2.75. The van der Waals surface area contributed by atoms with E-state index in [0.717, 1.165) is 0 Å². The number of phenolic OH excluding ortho intramolecular Hbond substituents is 1. The van der Waals surface area contributed by atoms with E-state index in [-0.39, 0.29) is 5.75 Å². The third-order valence-corrected chi connectivity index (χ3v) is 4.48. The summed E-state index contributed by atoms with van der Waals surface area (Å²) in [6, 6.07) is 3.08. The van der Waals surface area contributed by atoms with Crippen LogP contribution in [-0.2, 0) is 11.2 Å². The van der Waals surface area contributed by atoms with Crippen LogP contribution >= 0.6 is 0 Å². The van der Waals surface area contributed by atoms with Crippen LogP contribution in [0.4, 0.5) is 0 Å². The summed E-state index contributed by atoms with van der Waals surface area (Å²) >= 11 is 0. The standard InChI is InChI=1S/C18H28O8/c1-9-6-12(10(7-11(9)20)4-5-18(2,3)24)25-17-16(23)15(22)14(21)13(8-19)26-17/h6-7,13-17,19-24H,4-5,8H2,1-3H3. The molecule has 0 aliphatic carbocycles. The van der Waals surface area contributed by atoms with Crippen molar-refractivity contribution in [1.29, 1.82) is 0 Å². The Kier molecular flexibility index (Phi) is 6.49. The van der Waals surface area contributed by atoms with Gasteiger partial charge in [0, 0.05) is 0 Å². The second-order valence-corrected chi connectivity index (χ2v) is 7.37. The maximum atomic E-state index is 10.1. The van der Waals surface area contributed by atoms with Gasteiger partial charge in [0.05, 0.1) is 12.2 Å². The van der Waals surface area contributed by atoms with E-state index in [9.17, 15) is 30.6 Å². The minimum Gasteiger partial charge on any atom is -0.508 e. The summed E-state index contributed by atoms with van der Waals surface area (Å²) in [5, 5.41) is 59.0. The Hall–Kier alpha value is -1.42. The fraction of sp³-hybridized carbons (Fsp3) is 0.667. The number of benzene rings is 1. The molecule has 1 aromatic rings. The van der Waals surface area contributed by atoms with Crippen LogP contribution in [0, 0.1) is 6.92 Å². The molecule has 2 rings (SSSR count). The first kappa shape index (κ1) is 20.9. The van der Waals surface area contributed by atoms with E-state index >= 15 is 0 Å². The van der Waals surface area contributed by atoms with Crippen molar-refractivity contribution in [3.8, 4) is 11.5 Å². The van der Waals surface area contributed by atoms with Gasteiger partial charge in [0.15, 0.2) is 0 Å². The van der Waals surface area contributed by atoms with E-state index < -0.39 is 42.9 Å². The van der Waals surface area contributed by atoms with Gasteiger partial charge < -0.3 is 40.1 Å². The number of aromatic hydroxyl groups is 1. The van der Waals surface area contributed by atoms with Crippen molar-refractivity contribution >= 4 is 0 Å². The molecule has 0 aromatic heterocycles. The molecule has 1 fully saturated rings. The van der Waals surface area contributed by atoms with Gasteiger partial charge in [0.2, 0.25) is 6.29 Å². The SMILES string of the molecule is Cc1cc(OC2OC(CO)C(O)C(O)C2O)c(CCC(C)(C)O)cc1O. The molecule has 148 valence electrons. The molecule has 1 heterocycles. The minimum atomic E-state index is -1.54. The van der Waals surface area contributed by atoms with Crippen molar-refractivity contribution in [2.75, 3.05) is 6.61 Å². The quantitative estimate of drug-likeness (QED) is 0.396. The largest absolute Gasteiger partial charge is 0.508 e. The Morgan fingerprint density at radius 1 is 1.12 bits per heavy atom. The molecule has 0 amide bonds. The molecular formula is C18H28O8. The predicted octanol–water partition coefficient (Wildman–Crippen LogP) is -0.417. The first-order valence-corrected chi connectivity index (χ1v) is 8.55. The predicted molar refractivity (Wildman–Crippen MR) is 91.9 cm³/mol. The Morgan fingerprint density at radius 2 is 1.77 bits per heavy atom. The van der Waals surface area contributed by atoms with Crippen molar-refractivity contribution in [3.05, 3.63) is 23.3 Å². The highest BCUT2D eigenvalue weighted by molar-refractivity contribution is 5.45. The molecule has 1 aliphatic heterocycles. The molecule has 8 heteroatoms. The summed E-state index contributed by atoms with van der Waals surface area (Å²) in [6.07, 6.45) is -6.11. The highest BCUT2D eigenvalue weighted by Crippen LogP contribution is 2.32. The van der Waals surface area contributed by atoms with Gasteiger partial charge in [-0.1, -0.05) is 0 Å². The second-order valence-electron chi connectivity index (χ2n) is 7.37. The van der Waals surface area contributed by atoms with Crippen LogP contribution in [0.2, 0.25) is 0 Å². The Balaban J connectivity index is 2.25.